The molecule has 3 fully saturated rings. The van der Waals surface area contributed by atoms with Crippen LogP contribution >= 0.6 is 0 Å². The highest BCUT2D eigenvalue weighted by Crippen LogP contribution is 2.61. The first-order chi connectivity index (χ1) is 15.8. The van der Waals surface area contributed by atoms with Crippen LogP contribution < -0.4 is 10.2 Å². The zero-order chi connectivity index (χ0) is 23.2. The Labute approximate surface area is 189 Å². The average molecular weight is 446 g/mol. The van der Waals surface area contributed by atoms with E-state index < -0.39 is 28.2 Å². The lowest BCUT2D eigenvalue weighted by atomic mass is 9.75. The average Bonchev–Trinajstić information content (AvgIpc) is 3.48. The molecule has 6 rings (SSSR count). The molecule has 1 N–H and O–H groups in total. The third kappa shape index (κ3) is 2.27. The number of amides is 3. The van der Waals surface area contributed by atoms with Crippen LogP contribution in [0.2, 0.25) is 0 Å². The van der Waals surface area contributed by atoms with E-state index in [1.807, 2.05) is 25.1 Å². The summed E-state index contributed by atoms with van der Waals surface area (Å²) in [6.45, 7) is 4.21. The zero-order valence-electron chi connectivity index (χ0n) is 18.2. The van der Waals surface area contributed by atoms with Crippen molar-refractivity contribution in [3.63, 3.8) is 0 Å². The first kappa shape index (κ1) is 20.0. The Morgan fingerprint density at radius 3 is 2.61 bits per heavy atom. The summed E-state index contributed by atoms with van der Waals surface area (Å²) in [4.78, 5) is 55.3. The van der Waals surface area contributed by atoms with E-state index in [0.29, 0.717) is 17.8 Å². The lowest BCUT2D eigenvalue weighted by molar-refractivity contribution is -0.384. The van der Waals surface area contributed by atoms with E-state index in [9.17, 15) is 24.5 Å². The molecule has 2 aromatic rings. The molecule has 4 atom stereocenters. The van der Waals surface area contributed by atoms with E-state index in [2.05, 4.69) is 10.2 Å². The molecular formula is C24H22N4O5. The molecule has 0 bridgehead atoms. The summed E-state index contributed by atoms with van der Waals surface area (Å²) in [7, 11) is 0. The molecule has 4 aliphatic rings. The number of nitrogens with one attached hydrogen (secondary N) is 1. The van der Waals surface area contributed by atoms with Crippen LogP contribution in [-0.4, -0.2) is 40.1 Å². The van der Waals surface area contributed by atoms with Crippen molar-refractivity contribution >= 4 is 34.8 Å². The first-order valence-electron chi connectivity index (χ1n) is 11.1. The number of nitro benzene ring substituents is 1. The molecule has 168 valence electrons. The van der Waals surface area contributed by atoms with Gasteiger partial charge in [-0.15, -0.1) is 0 Å². The number of para-hydroxylation sites is 1. The van der Waals surface area contributed by atoms with Crippen molar-refractivity contribution in [3.05, 3.63) is 63.2 Å². The minimum absolute atomic E-state index is 0.103. The van der Waals surface area contributed by atoms with Crippen molar-refractivity contribution in [1.82, 2.24) is 4.90 Å². The van der Waals surface area contributed by atoms with Gasteiger partial charge in [-0.25, -0.2) is 4.90 Å². The molecule has 9 heteroatoms. The van der Waals surface area contributed by atoms with Crippen molar-refractivity contribution < 1.29 is 19.3 Å². The van der Waals surface area contributed by atoms with Gasteiger partial charge in [-0.3, -0.25) is 29.4 Å². The smallest absolute Gasteiger partial charge is 0.269 e. The third-order valence-corrected chi connectivity index (χ3v) is 7.87. The Balaban J connectivity index is 1.53. The molecule has 0 aromatic heterocycles. The number of hydrogen-bond acceptors (Lipinski definition) is 6. The minimum Gasteiger partial charge on any atom is -0.324 e. The van der Waals surface area contributed by atoms with Gasteiger partial charge < -0.3 is 5.32 Å². The SMILES string of the molecule is Cc1cc([N+](=O)[O-])ccc1N1C(=O)[C@@H]2[C@@H]3CCCN3[C@@]3(C(=O)Nc4c(C)cccc43)[C@H]2C1=O. The van der Waals surface area contributed by atoms with Gasteiger partial charge >= 0.3 is 0 Å². The van der Waals surface area contributed by atoms with Crippen LogP contribution in [-0.2, 0) is 19.9 Å². The van der Waals surface area contributed by atoms with Crippen molar-refractivity contribution in [2.45, 2.75) is 38.3 Å². The van der Waals surface area contributed by atoms with Gasteiger partial charge in [0.05, 0.1) is 22.4 Å². The summed E-state index contributed by atoms with van der Waals surface area (Å²) in [6.07, 6.45) is 1.59. The van der Waals surface area contributed by atoms with Crippen LogP contribution in [0, 0.1) is 35.8 Å². The number of carbonyl (C=O) groups excluding carboxylic acids is 3. The lowest BCUT2D eigenvalue weighted by Crippen LogP contribution is -2.54. The number of benzene rings is 2. The van der Waals surface area contributed by atoms with Crippen LogP contribution in [0.25, 0.3) is 0 Å². The Kier molecular flexibility index (Phi) is 3.93. The van der Waals surface area contributed by atoms with Crippen LogP contribution in [0.4, 0.5) is 17.1 Å². The lowest BCUT2D eigenvalue weighted by Gasteiger charge is -2.36. The van der Waals surface area contributed by atoms with Gasteiger partial charge in [0.25, 0.3) is 5.69 Å². The predicted molar refractivity (Wildman–Crippen MR) is 119 cm³/mol. The summed E-state index contributed by atoms with van der Waals surface area (Å²) < 4.78 is 0. The quantitative estimate of drug-likeness (QED) is 0.431. The van der Waals surface area contributed by atoms with Crippen LogP contribution in [0.1, 0.15) is 29.5 Å². The number of fused-ring (bicyclic) bond motifs is 7. The highest BCUT2D eigenvalue weighted by molar-refractivity contribution is 6.26. The van der Waals surface area contributed by atoms with Crippen LogP contribution in [0.5, 0.6) is 0 Å². The van der Waals surface area contributed by atoms with Gasteiger partial charge in [-0.1, -0.05) is 18.2 Å². The van der Waals surface area contributed by atoms with Crippen molar-refractivity contribution in [3.8, 4) is 0 Å². The predicted octanol–water partition coefficient (Wildman–Crippen LogP) is 2.64. The highest BCUT2D eigenvalue weighted by atomic mass is 16.6. The number of rotatable bonds is 2. The number of imide groups is 1. The molecular weight excluding hydrogens is 424 g/mol. The second-order valence-electron chi connectivity index (χ2n) is 9.36. The Hall–Kier alpha value is -3.59. The van der Waals surface area contributed by atoms with Crippen LogP contribution in [0.15, 0.2) is 36.4 Å². The Morgan fingerprint density at radius 2 is 1.88 bits per heavy atom. The molecule has 2 aromatic carbocycles. The summed E-state index contributed by atoms with van der Waals surface area (Å²) in [6, 6.07) is 9.60. The number of nitrogens with zero attached hydrogens (tertiary/aromatic N) is 3. The topological polar surface area (TPSA) is 113 Å². The van der Waals surface area contributed by atoms with E-state index in [0.717, 1.165) is 34.6 Å². The van der Waals surface area contributed by atoms with E-state index in [-0.39, 0.29) is 23.5 Å². The van der Waals surface area contributed by atoms with Crippen molar-refractivity contribution in [2.75, 3.05) is 16.8 Å². The molecule has 4 aliphatic heterocycles. The molecule has 4 heterocycles. The van der Waals surface area contributed by atoms with E-state index >= 15 is 0 Å². The number of non-ortho nitro benzene ring substituents is 1. The standard InChI is InChI=1S/C24H22N4O5/c1-12-5-3-6-15-20(12)25-23(31)24(15)19-18(17-7-4-10-26(17)24)21(29)27(22(19)30)16-9-8-14(28(32)33)11-13(16)2/h3,5-6,8-9,11,17-19H,4,7,10H2,1-2H3,(H,25,31)/t17-,18+,19+,24+/m0/s1. The fraction of sp³-hybridized carbons (Fsp3) is 0.375. The Bertz CT molecular complexity index is 1290. The van der Waals surface area contributed by atoms with Gasteiger partial charge in [0.2, 0.25) is 17.7 Å². The number of carbonyl (C=O) groups is 3. The van der Waals surface area contributed by atoms with Gasteiger partial charge in [0, 0.05) is 29.4 Å². The van der Waals surface area contributed by atoms with Gasteiger partial charge in [-0.05, 0) is 50.4 Å². The molecule has 0 unspecified atom stereocenters. The Morgan fingerprint density at radius 1 is 1.09 bits per heavy atom. The van der Waals surface area contributed by atoms with Crippen molar-refractivity contribution in [1.29, 1.82) is 0 Å². The maximum absolute atomic E-state index is 14.0. The fourth-order valence-electron chi connectivity index (χ4n) is 6.62. The molecule has 3 saturated heterocycles. The van der Waals surface area contributed by atoms with E-state index in [1.54, 1.807) is 6.92 Å². The summed E-state index contributed by atoms with van der Waals surface area (Å²) >= 11 is 0. The molecule has 1 spiro atoms. The summed E-state index contributed by atoms with van der Waals surface area (Å²) in [5.74, 6) is -2.47. The molecule has 33 heavy (non-hydrogen) atoms. The largest absolute Gasteiger partial charge is 0.324 e. The first-order valence-corrected chi connectivity index (χ1v) is 11.1. The van der Waals surface area contributed by atoms with Gasteiger partial charge in [0.15, 0.2) is 0 Å². The van der Waals surface area contributed by atoms with E-state index in [1.165, 1.54) is 18.2 Å². The second kappa shape index (κ2) is 6.48. The molecule has 9 nitrogen and oxygen atoms in total. The highest BCUT2D eigenvalue weighted by Gasteiger charge is 2.74. The molecule has 0 saturated carbocycles. The number of nitro groups is 1. The molecule has 0 aliphatic carbocycles. The van der Waals surface area contributed by atoms with Gasteiger partial charge in [-0.2, -0.15) is 0 Å². The second-order valence-corrected chi connectivity index (χ2v) is 9.36. The monoisotopic (exact) mass is 446 g/mol. The summed E-state index contributed by atoms with van der Waals surface area (Å²) in [5, 5.41) is 14.2. The normalized spacial score (nSPS) is 30.1. The van der Waals surface area contributed by atoms with Crippen LogP contribution in [0.3, 0.4) is 0 Å². The summed E-state index contributed by atoms with van der Waals surface area (Å²) in [5.41, 5.74) is 1.88. The number of anilines is 2. The van der Waals surface area contributed by atoms with E-state index in [4.69, 9.17) is 0 Å². The molecule has 3 amide bonds. The zero-order valence-corrected chi connectivity index (χ0v) is 18.2. The maximum atomic E-state index is 14.0. The fourth-order valence-corrected chi connectivity index (χ4v) is 6.62. The number of hydrogen-bond donors (Lipinski definition) is 1. The van der Waals surface area contributed by atoms with Gasteiger partial charge in [0.1, 0.15) is 5.54 Å². The third-order valence-electron chi connectivity index (χ3n) is 7.87. The number of aryl methyl sites for hydroxylation is 2. The maximum Gasteiger partial charge on any atom is 0.269 e. The minimum atomic E-state index is -1.22. The van der Waals surface area contributed by atoms with Crippen molar-refractivity contribution in [2.24, 2.45) is 11.8 Å². The molecule has 0 radical (unpaired) electrons.